The zero-order valence-electron chi connectivity index (χ0n) is 20.9. The van der Waals surface area contributed by atoms with Crippen LogP contribution in [-0.2, 0) is 26.0 Å². The van der Waals surface area contributed by atoms with Gasteiger partial charge in [-0.15, -0.1) is 11.8 Å². The van der Waals surface area contributed by atoms with Gasteiger partial charge in [0, 0.05) is 28.3 Å². The van der Waals surface area contributed by atoms with Gasteiger partial charge in [-0.3, -0.25) is 9.59 Å². The van der Waals surface area contributed by atoms with Crippen molar-refractivity contribution in [2.45, 2.75) is 23.2 Å². The lowest BCUT2D eigenvalue weighted by Crippen LogP contribution is -2.59. The number of pyridine rings is 1. The molecule has 3 N–H and O–H groups in total. The summed E-state index contributed by atoms with van der Waals surface area (Å²) in [6.45, 7) is -0.613. The minimum atomic E-state index is -4.98. The highest BCUT2D eigenvalue weighted by molar-refractivity contribution is 7.98. The fraction of sp³-hybridized carbons (Fsp3) is 0.280. The first kappa shape index (κ1) is 28.2. The number of nitrogens with zero attached hydrogens (tertiary/aromatic N) is 2. The number of aromatic nitrogens is 1. The van der Waals surface area contributed by atoms with E-state index in [-0.39, 0.29) is 54.4 Å². The lowest BCUT2D eigenvalue weighted by molar-refractivity contribution is -0.00351. The fourth-order valence-electron chi connectivity index (χ4n) is 5.12. The number of phosphoric acid groups is 1. The minimum absolute atomic E-state index is 0.0752. The van der Waals surface area contributed by atoms with Gasteiger partial charge in [-0.05, 0) is 29.7 Å². The van der Waals surface area contributed by atoms with Crippen LogP contribution in [0.1, 0.15) is 27.2 Å². The summed E-state index contributed by atoms with van der Waals surface area (Å²) in [7, 11) is -4.98. The van der Waals surface area contributed by atoms with Crippen LogP contribution in [0, 0.1) is 11.6 Å². The number of halogens is 3. The number of nitrogens with one attached hydrogen (secondary N) is 1. The number of fused-ring (bicyclic) bond motifs is 4. The highest BCUT2D eigenvalue weighted by Gasteiger charge is 2.40. The standard InChI is InChI=1S/C25H21ClF2N3O8PS/c26-19-21(14-8-16(27)20(28)15-10-41-17-4-2-1-3-12(17)7-13(14)15)31-22(24(23(19)32)38-11-39-40(34,35)36)25(33)30-5-6-37-9-18(30)29-31/h1-4,8,18,29H,5-7,9-11H2,(H2,34,35,36)/t18-/m0/s1. The Hall–Kier alpha value is -2.97. The number of rotatable bonds is 5. The van der Waals surface area contributed by atoms with E-state index >= 15 is 8.78 Å². The highest BCUT2D eigenvalue weighted by atomic mass is 35.5. The van der Waals surface area contributed by atoms with Gasteiger partial charge in [-0.1, -0.05) is 29.8 Å². The molecule has 0 unspecified atom stereocenters. The summed E-state index contributed by atoms with van der Waals surface area (Å²) in [5.41, 5.74) is 3.01. The van der Waals surface area contributed by atoms with Crippen molar-refractivity contribution in [3.63, 3.8) is 0 Å². The molecule has 216 valence electrons. The van der Waals surface area contributed by atoms with Gasteiger partial charge in [0.15, 0.2) is 17.3 Å². The molecule has 1 amide bonds. The molecule has 2 aromatic carbocycles. The SMILES string of the molecule is O=C1c2c(OCOP(=O)(O)O)c(=O)c(Cl)c(-c3cc(F)c(F)c4c3Cc3ccccc3SC4)n2N[C@@H]2COCCN12. The van der Waals surface area contributed by atoms with Gasteiger partial charge in [0.1, 0.15) is 11.2 Å². The van der Waals surface area contributed by atoms with Crippen molar-refractivity contribution in [2.24, 2.45) is 0 Å². The maximum Gasteiger partial charge on any atom is 0.472 e. The smallest absolute Gasteiger partial charge is 0.460 e. The molecule has 6 rings (SSSR count). The second-order valence-electron chi connectivity index (χ2n) is 9.36. The van der Waals surface area contributed by atoms with E-state index in [1.54, 1.807) is 0 Å². The molecular weight excluding hydrogens is 607 g/mol. The number of ether oxygens (including phenoxy) is 2. The van der Waals surface area contributed by atoms with Gasteiger partial charge in [-0.2, -0.15) is 0 Å². The van der Waals surface area contributed by atoms with E-state index in [1.807, 2.05) is 24.3 Å². The Morgan fingerprint density at radius 3 is 2.76 bits per heavy atom. The topological polar surface area (TPSA) is 140 Å². The molecule has 0 saturated carbocycles. The molecule has 11 nitrogen and oxygen atoms in total. The van der Waals surface area contributed by atoms with Crippen LogP contribution in [-0.4, -0.2) is 58.0 Å². The van der Waals surface area contributed by atoms with Gasteiger partial charge >= 0.3 is 7.82 Å². The van der Waals surface area contributed by atoms with Gasteiger partial charge < -0.3 is 29.6 Å². The molecule has 0 spiro atoms. The summed E-state index contributed by atoms with van der Waals surface area (Å²) in [6, 6.07) is 8.35. The minimum Gasteiger partial charge on any atom is -0.460 e. The van der Waals surface area contributed by atoms with E-state index in [4.69, 9.17) is 30.9 Å². The first-order valence-corrected chi connectivity index (χ1v) is 15.1. The third kappa shape index (κ3) is 5.03. The fourth-order valence-corrected chi connectivity index (χ4v) is 6.69. The third-order valence-corrected chi connectivity index (χ3v) is 8.91. The summed E-state index contributed by atoms with van der Waals surface area (Å²) in [5.74, 6) is -3.39. The largest absolute Gasteiger partial charge is 0.472 e. The number of carbonyl (C=O) groups is 1. The maximum atomic E-state index is 15.2. The predicted molar refractivity (Wildman–Crippen MR) is 144 cm³/mol. The van der Waals surface area contributed by atoms with E-state index in [0.717, 1.165) is 16.5 Å². The van der Waals surface area contributed by atoms with Crippen LogP contribution in [0.5, 0.6) is 5.75 Å². The number of carbonyl (C=O) groups excluding carboxylic acids is 1. The predicted octanol–water partition coefficient (Wildman–Crippen LogP) is 3.44. The average Bonchev–Trinajstić information content (AvgIpc) is 3.13. The van der Waals surface area contributed by atoms with Crippen molar-refractivity contribution in [3.05, 3.63) is 79.6 Å². The number of hydrogen-bond donors (Lipinski definition) is 3. The van der Waals surface area contributed by atoms with Crippen molar-refractivity contribution in [2.75, 3.05) is 32.0 Å². The Kier molecular flexibility index (Phi) is 7.35. The molecular formula is C25H21ClF2N3O8PS. The van der Waals surface area contributed by atoms with Crippen LogP contribution < -0.4 is 15.6 Å². The number of amides is 1. The number of morpholine rings is 1. The molecule has 3 aliphatic heterocycles. The van der Waals surface area contributed by atoms with Gasteiger partial charge in [0.05, 0.1) is 18.9 Å². The van der Waals surface area contributed by atoms with E-state index in [9.17, 15) is 14.2 Å². The Morgan fingerprint density at radius 1 is 1.20 bits per heavy atom. The molecule has 16 heteroatoms. The normalized spacial score (nSPS) is 18.0. The van der Waals surface area contributed by atoms with Gasteiger partial charge in [-0.25, -0.2) is 22.5 Å². The first-order valence-electron chi connectivity index (χ1n) is 12.2. The number of benzene rings is 2. The molecule has 0 aliphatic carbocycles. The van der Waals surface area contributed by atoms with Gasteiger partial charge in [0.2, 0.25) is 18.0 Å². The quantitative estimate of drug-likeness (QED) is 0.285. The van der Waals surface area contributed by atoms with Crippen molar-refractivity contribution in [1.82, 2.24) is 9.58 Å². The summed E-state index contributed by atoms with van der Waals surface area (Å²) < 4.78 is 57.8. The summed E-state index contributed by atoms with van der Waals surface area (Å²) in [4.78, 5) is 47.7. The molecule has 1 atom stereocenters. The Bertz CT molecular complexity index is 1700. The number of phosphoric ester groups is 1. The molecule has 41 heavy (non-hydrogen) atoms. The molecule has 1 saturated heterocycles. The average molecular weight is 628 g/mol. The first-order chi connectivity index (χ1) is 19.5. The van der Waals surface area contributed by atoms with Crippen molar-refractivity contribution < 1.29 is 41.9 Å². The zero-order valence-corrected chi connectivity index (χ0v) is 23.4. The van der Waals surface area contributed by atoms with Crippen LogP contribution in [0.4, 0.5) is 8.78 Å². The molecule has 4 heterocycles. The number of hydrogen-bond acceptors (Lipinski definition) is 8. The van der Waals surface area contributed by atoms with E-state index in [1.165, 1.54) is 21.3 Å². The molecule has 0 radical (unpaired) electrons. The molecule has 1 aromatic heterocycles. The maximum absolute atomic E-state index is 15.2. The summed E-state index contributed by atoms with van der Waals surface area (Å²) >= 11 is 7.96. The Balaban J connectivity index is 1.60. The molecule has 1 fully saturated rings. The zero-order chi connectivity index (χ0) is 29.1. The third-order valence-electron chi connectivity index (χ3n) is 6.97. The Morgan fingerprint density at radius 2 is 1.98 bits per heavy atom. The van der Waals surface area contributed by atoms with Crippen LogP contribution >= 0.6 is 31.2 Å². The van der Waals surface area contributed by atoms with Crippen LogP contribution in [0.2, 0.25) is 5.02 Å². The van der Waals surface area contributed by atoms with E-state index < -0.39 is 54.5 Å². The summed E-state index contributed by atoms with van der Waals surface area (Å²) in [5, 5.41) is -0.496. The van der Waals surface area contributed by atoms with Crippen LogP contribution in [0.3, 0.4) is 0 Å². The van der Waals surface area contributed by atoms with E-state index in [0.29, 0.717) is 5.56 Å². The van der Waals surface area contributed by atoms with Crippen molar-refractivity contribution in [1.29, 1.82) is 0 Å². The molecule has 0 bridgehead atoms. The molecule has 3 aliphatic rings. The lowest BCUT2D eigenvalue weighted by atomic mass is 9.92. The monoisotopic (exact) mass is 627 g/mol. The van der Waals surface area contributed by atoms with E-state index in [2.05, 4.69) is 9.95 Å². The second-order valence-corrected chi connectivity index (χ2v) is 12.0. The van der Waals surface area contributed by atoms with Crippen LogP contribution in [0.15, 0.2) is 40.0 Å². The highest BCUT2D eigenvalue weighted by Crippen LogP contribution is 2.43. The number of thioether (sulfide) groups is 1. The summed E-state index contributed by atoms with van der Waals surface area (Å²) in [6.07, 6.45) is -0.522. The lowest BCUT2D eigenvalue weighted by Gasteiger charge is -2.42. The van der Waals surface area contributed by atoms with Crippen LogP contribution in [0.25, 0.3) is 11.3 Å². The Labute approximate surface area is 240 Å². The van der Waals surface area contributed by atoms with Crippen molar-refractivity contribution in [3.8, 4) is 17.0 Å². The van der Waals surface area contributed by atoms with Crippen molar-refractivity contribution >= 4 is 37.1 Å². The molecule has 3 aromatic rings. The van der Waals surface area contributed by atoms with Gasteiger partial charge in [0.25, 0.3) is 5.91 Å². The second kappa shape index (κ2) is 10.7.